The van der Waals surface area contributed by atoms with Gasteiger partial charge in [-0.25, -0.2) is 8.42 Å². The second-order valence-electron chi connectivity index (χ2n) is 6.07. The average molecular weight is 370 g/mol. The monoisotopic (exact) mass is 370 g/mol. The van der Waals surface area contributed by atoms with Gasteiger partial charge < -0.3 is 4.55 Å². The molecule has 0 saturated carbocycles. The van der Waals surface area contributed by atoms with Gasteiger partial charge in [-0.05, 0) is 51.2 Å². The summed E-state index contributed by atoms with van der Waals surface area (Å²) in [6, 6.07) is 24.7. The molecule has 0 unspecified atom stereocenters. The molecule has 0 aromatic heterocycles. The molecular weight excluding hydrogens is 355 g/mol. The summed E-state index contributed by atoms with van der Waals surface area (Å²) in [4.78, 5) is -0.189. The van der Waals surface area contributed by atoms with Gasteiger partial charge in [-0.3, -0.25) is 0 Å². The van der Waals surface area contributed by atoms with Crippen molar-refractivity contribution in [1.82, 2.24) is 0 Å². The van der Waals surface area contributed by atoms with E-state index in [1.165, 1.54) is 28.5 Å². The number of benzene rings is 4. The van der Waals surface area contributed by atoms with Crippen molar-refractivity contribution in [1.29, 1.82) is 0 Å². The normalized spacial score (nSPS) is 11.4. The van der Waals surface area contributed by atoms with E-state index in [9.17, 15) is 13.0 Å². The molecule has 0 N–H and O–H groups in total. The van der Waals surface area contributed by atoms with Crippen LogP contribution in [-0.4, -0.2) is 13.0 Å². The topological polar surface area (TPSA) is 57.2 Å². The molecule has 0 fully saturated rings. The van der Waals surface area contributed by atoms with Crippen molar-refractivity contribution >= 4 is 31.7 Å². The van der Waals surface area contributed by atoms with Crippen molar-refractivity contribution in [3.05, 3.63) is 90.0 Å². The molecule has 4 aromatic carbocycles. The van der Waals surface area contributed by atoms with Gasteiger partial charge in [-0.1, -0.05) is 66.7 Å². The molecule has 0 saturated heterocycles. The molecule has 26 heavy (non-hydrogen) atoms. The summed E-state index contributed by atoms with van der Waals surface area (Å²) in [7, 11) is -4.47. The van der Waals surface area contributed by atoms with E-state index in [-0.39, 0.29) is 34.5 Å². The molecule has 0 heterocycles. The molecule has 0 aliphatic heterocycles. The van der Waals surface area contributed by atoms with Crippen LogP contribution < -0.4 is 29.6 Å². The van der Waals surface area contributed by atoms with Crippen LogP contribution in [0.1, 0.15) is 11.1 Å². The third-order valence-corrected chi connectivity index (χ3v) is 5.32. The smallest absolute Gasteiger partial charge is 0.744 e. The molecule has 0 amide bonds. The Labute approximate surface area is 174 Å². The van der Waals surface area contributed by atoms with E-state index in [1.807, 2.05) is 36.4 Å². The molecule has 0 spiro atoms. The van der Waals surface area contributed by atoms with Crippen LogP contribution in [0.15, 0.2) is 83.8 Å². The maximum absolute atomic E-state index is 11.4. The first-order chi connectivity index (χ1) is 12.0. The van der Waals surface area contributed by atoms with Crippen molar-refractivity contribution < 1.29 is 42.5 Å². The van der Waals surface area contributed by atoms with Crippen molar-refractivity contribution in [2.45, 2.75) is 11.3 Å². The molecule has 124 valence electrons. The second-order valence-corrected chi connectivity index (χ2v) is 7.45. The van der Waals surface area contributed by atoms with E-state index < -0.39 is 10.1 Å². The molecule has 0 atom stereocenters. The van der Waals surface area contributed by atoms with Gasteiger partial charge >= 0.3 is 29.6 Å². The zero-order chi connectivity index (χ0) is 17.4. The fourth-order valence-corrected chi connectivity index (χ4v) is 3.77. The first-order valence-electron chi connectivity index (χ1n) is 7.96. The van der Waals surface area contributed by atoms with Crippen LogP contribution in [0.2, 0.25) is 0 Å². The Bertz CT molecular complexity index is 1190. The van der Waals surface area contributed by atoms with Crippen LogP contribution in [0.5, 0.6) is 0 Å². The number of hydrogen-bond donors (Lipinski definition) is 0. The average Bonchev–Trinajstić information content (AvgIpc) is 2.61. The summed E-state index contributed by atoms with van der Waals surface area (Å²) in [6.45, 7) is 0. The molecule has 4 rings (SSSR count). The molecule has 0 radical (unpaired) electrons. The third kappa shape index (κ3) is 3.70. The standard InChI is InChI=1S/C21H16O3S.Na/c22-25(23,24)19-12-11-16-7-4-9-18(21(16)14-19)13-17-8-3-6-15-5-1-2-10-20(15)17;/h1-12,14H,13H2,(H,22,23,24);/q;+1/p-1. The fraction of sp³-hybridized carbons (Fsp3) is 0.0476. The molecular formula is C21H15NaO3S. The van der Waals surface area contributed by atoms with Crippen LogP contribution in [-0.2, 0) is 16.5 Å². The first-order valence-corrected chi connectivity index (χ1v) is 9.37. The van der Waals surface area contributed by atoms with E-state index >= 15 is 0 Å². The van der Waals surface area contributed by atoms with Crippen LogP contribution in [0, 0.1) is 0 Å². The van der Waals surface area contributed by atoms with Gasteiger partial charge in [0.1, 0.15) is 10.1 Å². The quantitative estimate of drug-likeness (QED) is 0.406. The largest absolute Gasteiger partial charge is 1.00 e. The van der Waals surface area contributed by atoms with Crippen LogP contribution >= 0.6 is 0 Å². The predicted molar refractivity (Wildman–Crippen MR) is 98.7 cm³/mol. The van der Waals surface area contributed by atoms with Crippen molar-refractivity contribution in [3.8, 4) is 0 Å². The van der Waals surface area contributed by atoms with E-state index in [1.54, 1.807) is 6.07 Å². The minimum atomic E-state index is -4.47. The maximum atomic E-state index is 11.4. The van der Waals surface area contributed by atoms with E-state index in [4.69, 9.17) is 0 Å². The Hall–Kier alpha value is -1.69. The third-order valence-electron chi connectivity index (χ3n) is 4.49. The van der Waals surface area contributed by atoms with Gasteiger partial charge in [-0.2, -0.15) is 0 Å². The Kier molecular flexibility index (Phi) is 5.51. The van der Waals surface area contributed by atoms with Gasteiger partial charge in [0, 0.05) is 0 Å². The zero-order valence-corrected chi connectivity index (χ0v) is 17.2. The first kappa shape index (κ1) is 19.1. The summed E-state index contributed by atoms with van der Waals surface area (Å²) >= 11 is 0. The number of fused-ring (bicyclic) bond motifs is 2. The number of rotatable bonds is 3. The summed E-state index contributed by atoms with van der Waals surface area (Å²) < 4.78 is 34.1. The minimum Gasteiger partial charge on any atom is -0.744 e. The van der Waals surface area contributed by atoms with Crippen LogP contribution in [0.25, 0.3) is 21.5 Å². The van der Waals surface area contributed by atoms with Gasteiger partial charge in [0.25, 0.3) is 0 Å². The van der Waals surface area contributed by atoms with E-state index in [0.717, 1.165) is 16.3 Å². The van der Waals surface area contributed by atoms with Crippen molar-refractivity contribution in [2.75, 3.05) is 0 Å². The van der Waals surface area contributed by atoms with E-state index in [0.29, 0.717) is 6.42 Å². The van der Waals surface area contributed by atoms with Crippen molar-refractivity contribution in [2.24, 2.45) is 0 Å². The Morgan fingerprint density at radius 1 is 0.692 bits per heavy atom. The van der Waals surface area contributed by atoms with E-state index in [2.05, 4.69) is 24.3 Å². The van der Waals surface area contributed by atoms with Gasteiger partial charge in [-0.15, -0.1) is 0 Å². The fourth-order valence-electron chi connectivity index (χ4n) is 3.28. The summed E-state index contributed by atoms with van der Waals surface area (Å²) in [5, 5.41) is 4.06. The minimum absolute atomic E-state index is 0. The summed E-state index contributed by atoms with van der Waals surface area (Å²) in [6.07, 6.45) is 0.668. The predicted octanol–water partition coefficient (Wildman–Crippen LogP) is 1.49. The molecule has 4 aromatic rings. The Morgan fingerprint density at radius 3 is 1.96 bits per heavy atom. The van der Waals surface area contributed by atoms with Crippen LogP contribution in [0.4, 0.5) is 0 Å². The summed E-state index contributed by atoms with van der Waals surface area (Å²) in [5.41, 5.74) is 2.17. The van der Waals surface area contributed by atoms with Gasteiger partial charge in [0.05, 0.1) is 4.90 Å². The molecule has 5 heteroatoms. The van der Waals surface area contributed by atoms with Crippen molar-refractivity contribution in [3.63, 3.8) is 0 Å². The Balaban J connectivity index is 0.00000196. The molecule has 0 aliphatic carbocycles. The SMILES string of the molecule is O=S(=O)([O-])c1ccc2cccc(Cc3cccc4ccccc34)c2c1.[Na+]. The maximum Gasteiger partial charge on any atom is 1.00 e. The van der Waals surface area contributed by atoms with Gasteiger partial charge in [0.15, 0.2) is 0 Å². The van der Waals surface area contributed by atoms with Gasteiger partial charge in [0.2, 0.25) is 0 Å². The summed E-state index contributed by atoms with van der Waals surface area (Å²) in [5.74, 6) is 0. The molecule has 3 nitrogen and oxygen atoms in total. The zero-order valence-electron chi connectivity index (χ0n) is 14.3. The number of hydrogen-bond acceptors (Lipinski definition) is 3. The molecule has 0 aliphatic rings. The second kappa shape index (κ2) is 7.51. The Morgan fingerprint density at radius 2 is 1.27 bits per heavy atom. The van der Waals surface area contributed by atoms with Crippen LogP contribution in [0.3, 0.4) is 0 Å². The molecule has 0 bridgehead atoms.